The lowest BCUT2D eigenvalue weighted by Crippen LogP contribution is -2.27. The first-order valence-corrected chi connectivity index (χ1v) is 8.98. The molecule has 0 unspecified atom stereocenters. The summed E-state index contributed by atoms with van der Waals surface area (Å²) in [6, 6.07) is 15.0. The molecule has 0 saturated carbocycles. The number of nitrogens with one attached hydrogen (secondary N) is 1. The molecule has 5 heteroatoms. The summed E-state index contributed by atoms with van der Waals surface area (Å²) in [7, 11) is 0. The first-order valence-electron chi connectivity index (χ1n) is 8.98. The molecular formula is C22H23NO4. The van der Waals surface area contributed by atoms with Crippen LogP contribution < -0.4 is 5.32 Å². The molecule has 140 valence electrons. The Hall–Kier alpha value is -3.08. The van der Waals surface area contributed by atoms with Gasteiger partial charge in [-0.25, -0.2) is 0 Å². The summed E-state index contributed by atoms with van der Waals surface area (Å²) in [5, 5.41) is 3.76. The van der Waals surface area contributed by atoms with Crippen LogP contribution in [0.3, 0.4) is 0 Å². The minimum absolute atomic E-state index is 0.146. The first-order chi connectivity index (χ1) is 13.0. The number of carbonyl (C=O) groups is 2. The van der Waals surface area contributed by atoms with Gasteiger partial charge in [0.1, 0.15) is 18.0 Å². The molecule has 27 heavy (non-hydrogen) atoms. The predicted octanol–water partition coefficient (Wildman–Crippen LogP) is 4.55. The third-order valence-electron chi connectivity index (χ3n) is 4.15. The third-order valence-corrected chi connectivity index (χ3v) is 4.15. The van der Waals surface area contributed by atoms with Crippen molar-refractivity contribution >= 4 is 22.8 Å². The molecule has 3 rings (SSSR count). The molecule has 1 heterocycles. The second-order valence-corrected chi connectivity index (χ2v) is 6.88. The van der Waals surface area contributed by atoms with Crippen LogP contribution in [-0.4, -0.2) is 18.4 Å². The Bertz CT molecular complexity index is 954. The van der Waals surface area contributed by atoms with E-state index in [9.17, 15) is 9.59 Å². The molecule has 2 aromatic carbocycles. The normalized spacial score (nSPS) is 11.0. The van der Waals surface area contributed by atoms with E-state index in [0.717, 1.165) is 16.5 Å². The van der Waals surface area contributed by atoms with E-state index in [0.29, 0.717) is 29.4 Å². The van der Waals surface area contributed by atoms with Crippen molar-refractivity contribution in [2.45, 2.75) is 27.4 Å². The van der Waals surface area contributed by atoms with Crippen LogP contribution in [0.15, 0.2) is 52.9 Å². The number of amides is 1. The minimum Gasteiger partial charge on any atom is -0.461 e. The molecule has 5 nitrogen and oxygen atoms in total. The number of carbonyl (C=O) groups excluding carboxylic acids is 2. The van der Waals surface area contributed by atoms with E-state index in [2.05, 4.69) is 19.2 Å². The van der Waals surface area contributed by atoms with Gasteiger partial charge in [0, 0.05) is 24.4 Å². The Kier molecular flexibility index (Phi) is 5.60. The molecular weight excluding hydrogens is 342 g/mol. The number of hydrogen-bond acceptors (Lipinski definition) is 4. The fraction of sp³-hybridized carbons (Fsp3) is 0.273. The molecule has 0 fully saturated rings. The summed E-state index contributed by atoms with van der Waals surface area (Å²) in [5.74, 6) is 0.431. The van der Waals surface area contributed by atoms with Crippen molar-refractivity contribution < 1.29 is 18.7 Å². The summed E-state index contributed by atoms with van der Waals surface area (Å²) in [6.07, 6.45) is 0. The van der Waals surface area contributed by atoms with E-state index >= 15 is 0 Å². The highest BCUT2D eigenvalue weighted by atomic mass is 16.5. The monoisotopic (exact) mass is 365 g/mol. The van der Waals surface area contributed by atoms with Crippen LogP contribution >= 0.6 is 0 Å². The topological polar surface area (TPSA) is 68.5 Å². The van der Waals surface area contributed by atoms with Crippen LogP contribution in [0.4, 0.5) is 0 Å². The molecule has 0 bridgehead atoms. The van der Waals surface area contributed by atoms with E-state index in [-0.39, 0.29) is 18.5 Å². The van der Waals surface area contributed by atoms with Gasteiger partial charge in [0.05, 0.1) is 5.56 Å². The summed E-state index contributed by atoms with van der Waals surface area (Å²) in [6.45, 7) is 6.30. The van der Waals surface area contributed by atoms with Crippen molar-refractivity contribution in [1.29, 1.82) is 0 Å². The number of para-hydroxylation sites is 1. The highest BCUT2D eigenvalue weighted by Crippen LogP contribution is 2.33. The number of fused-ring (bicyclic) bond motifs is 1. The van der Waals surface area contributed by atoms with Gasteiger partial charge in [0.15, 0.2) is 0 Å². The van der Waals surface area contributed by atoms with E-state index in [4.69, 9.17) is 9.15 Å². The molecule has 0 saturated heterocycles. The van der Waals surface area contributed by atoms with Gasteiger partial charge in [-0.3, -0.25) is 9.59 Å². The summed E-state index contributed by atoms with van der Waals surface area (Å²) >= 11 is 0. The zero-order valence-corrected chi connectivity index (χ0v) is 15.7. The van der Waals surface area contributed by atoms with Crippen LogP contribution in [0.1, 0.15) is 36.7 Å². The largest absolute Gasteiger partial charge is 0.461 e. The van der Waals surface area contributed by atoms with Crippen LogP contribution in [0.2, 0.25) is 0 Å². The number of ether oxygens (including phenoxy) is 1. The molecule has 0 aliphatic heterocycles. The SMILES string of the molecule is CC(=O)OCc1ccc(-c2oc3ccccc3c2C(=O)NCC(C)C)cc1. The van der Waals surface area contributed by atoms with Crippen LogP contribution in [-0.2, 0) is 16.1 Å². The molecule has 0 aliphatic carbocycles. The molecule has 1 amide bonds. The van der Waals surface area contributed by atoms with Crippen LogP contribution in [0.25, 0.3) is 22.3 Å². The number of furan rings is 1. The van der Waals surface area contributed by atoms with E-state index in [1.165, 1.54) is 6.92 Å². The Morgan fingerprint density at radius 1 is 1.07 bits per heavy atom. The lowest BCUT2D eigenvalue weighted by atomic mass is 10.0. The fourth-order valence-electron chi connectivity index (χ4n) is 2.80. The maximum atomic E-state index is 12.8. The van der Waals surface area contributed by atoms with Gasteiger partial charge in [-0.2, -0.15) is 0 Å². The van der Waals surface area contributed by atoms with Crippen molar-refractivity contribution in [1.82, 2.24) is 5.32 Å². The Balaban J connectivity index is 1.97. The Morgan fingerprint density at radius 2 is 1.78 bits per heavy atom. The second kappa shape index (κ2) is 8.08. The van der Waals surface area contributed by atoms with Crippen molar-refractivity contribution in [3.63, 3.8) is 0 Å². The van der Waals surface area contributed by atoms with Crippen molar-refractivity contribution in [3.8, 4) is 11.3 Å². The van der Waals surface area contributed by atoms with E-state index in [1.54, 1.807) is 0 Å². The summed E-state index contributed by atoms with van der Waals surface area (Å²) in [5.41, 5.74) is 2.88. The Labute approximate surface area is 158 Å². The van der Waals surface area contributed by atoms with E-state index < -0.39 is 0 Å². The molecule has 1 N–H and O–H groups in total. The van der Waals surface area contributed by atoms with Gasteiger partial charge >= 0.3 is 5.97 Å². The maximum absolute atomic E-state index is 12.8. The van der Waals surface area contributed by atoms with Gasteiger partial charge < -0.3 is 14.5 Å². The van der Waals surface area contributed by atoms with Gasteiger partial charge in [0.2, 0.25) is 0 Å². The average molecular weight is 365 g/mol. The highest BCUT2D eigenvalue weighted by Gasteiger charge is 2.21. The second-order valence-electron chi connectivity index (χ2n) is 6.88. The van der Waals surface area contributed by atoms with Crippen molar-refractivity contribution in [3.05, 3.63) is 59.7 Å². The van der Waals surface area contributed by atoms with Gasteiger partial charge in [-0.1, -0.05) is 56.3 Å². The quantitative estimate of drug-likeness (QED) is 0.651. The summed E-state index contributed by atoms with van der Waals surface area (Å²) in [4.78, 5) is 23.8. The smallest absolute Gasteiger partial charge is 0.302 e. The van der Waals surface area contributed by atoms with Crippen molar-refractivity contribution in [2.75, 3.05) is 6.54 Å². The third kappa shape index (κ3) is 4.37. The van der Waals surface area contributed by atoms with Gasteiger partial charge in [-0.15, -0.1) is 0 Å². The van der Waals surface area contributed by atoms with Crippen molar-refractivity contribution in [2.24, 2.45) is 5.92 Å². The summed E-state index contributed by atoms with van der Waals surface area (Å²) < 4.78 is 11.0. The predicted molar refractivity (Wildman–Crippen MR) is 104 cm³/mol. The Morgan fingerprint density at radius 3 is 2.44 bits per heavy atom. The zero-order chi connectivity index (χ0) is 19.4. The first kappa shape index (κ1) is 18.7. The molecule has 1 aromatic heterocycles. The van der Waals surface area contributed by atoms with Gasteiger partial charge in [0.25, 0.3) is 5.91 Å². The number of rotatable bonds is 6. The molecule has 0 radical (unpaired) electrons. The lowest BCUT2D eigenvalue weighted by Gasteiger charge is -2.09. The van der Waals surface area contributed by atoms with Crippen LogP contribution in [0, 0.1) is 5.92 Å². The lowest BCUT2D eigenvalue weighted by molar-refractivity contribution is -0.142. The number of benzene rings is 2. The molecule has 3 aromatic rings. The maximum Gasteiger partial charge on any atom is 0.302 e. The highest BCUT2D eigenvalue weighted by molar-refractivity contribution is 6.11. The number of esters is 1. The molecule has 0 aliphatic rings. The molecule has 0 spiro atoms. The van der Waals surface area contributed by atoms with Crippen LogP contribution in [0.5, 0.6) is 0 Å². The molecule has 0 atom stereocenters. The standard InChI is InChI=1S/C22H23NO4/c1-14(2)12-23-22(25)20-18-6-4-5-7-19(18)27-21(20)17-10-8-16(9-11-17)13-26-15(3)24/h4-11,14H,12-13H2,1-3H3,(H,23,25). The number of hydrogen-bond donors (Lipinski definition) is 1. The minimum atomic E-state index is -0.319. The zero-order valence-electron chi connectivity index (χ0n) is 15.7. The fourth-order valence-corrected chi connectivity index (χ4v) is 2.80. The van der Waals surface area contributed by atoms with E-state index in [1.807, 2.05) is 48.5 Å². The average Bonchev–Trinajstić information content (AvgIpc) is 3.04. The van der Waals surface area contributed by atoms with Gasteiger partial charge in [-0.05, 0) is 17.5 Å².